The Morgan fingerprint density at radius 1 is 0.710 bits per heavy atom. The van der Waals surface area contributed by atoms with Gasteiger partial charge in [0.2, 0.25) is 0 Å². The number of allylic oxidation sites excluding steroid dienone is 10. The van der Waals surface area contributed by atoms with Gasteiger partial charge in [-0.2, -0.15) is 0 Å². The summed E-state index contributed by atoms with van der Waals surface area (Å²) in [6.45, 7) is 0. The van der Waals surface area contributed by atoms with Gasteiger partial charge in [0.15, 0.2) is 5.71 Å². The summed E-state index contributed by atoms with van der Waals surface area (Å²) < 4.78 is 10.8. The third-order valence-electron chi connectivity index (χ3n) is 4.97. The van der Waals surface area contributed by atoms with E-state index in [9.17, 15) is 0 Å². The number of ether oxygens (including phenoxy) is 1. The van der Waals surface area contributed by atoms with Crippen molar-refractivity contribution in [3.05, 3.63) is 127 Å². The second kappa shape index (κ2) is 9.96. The highest BCUT2D eigenvalue weighted by atomic mass is 127. The molecule has 2 aromatic rings. The standard InChI is InChI=1S/C27H22I2NO/c1-30(2)25-14-3-19(4-15-25)5-16-26-17-22(20-6-10-23(28)11-7-20)18-27(31-26)21-8-12-24(29)13-9-21/h3-18H,1-2H3/q+1. The van der Waals surface area contributed by atoms with E-state index >= 15 is 0 Å². The summed E-state index contributed by atoms with van der Waals surface area (Å²) in [5.41, 5.74) is 5.70. The lowest BCUT2D eigenvalue weighted by Crippen LogP contribution is -2.09. The van der Waals surface area contributed by atoms with E-state index in [-0.39, 0.29) is 0 Å². The van der Waals surface area contributed by atoms with Crippen molar-refractivity contribution in [3.63, 3.8) is 0 Å². The fraction of sp³-hybridized carbons (Fsp3) is 0.0741. The van der Waals surface area contributed by atoms with Gasteiger partial charge in [-0.05, 0) is 117 Å². The molecule has 0 radical (unpaired) electrons. The highest BCUT2D eigenvalue weighted by molar-refractivity contribution is 14.1. The molecule has 0 fully saturated rings. The first-order valence-corrected chi connectivity index (χ1v) is 12.1. The third kappa shape index (κ3) is 5.74. The number of hydrogen-bond donors (Lipinski definition) is 0. The Morgan fingerprint density at radius 3 is 1.87 bits per heavy atom. The summed E-state index contributed by atoms with van der Waals surface area (Å²) in [5.74, 6) is 1.68. The van der Waals surface area contributed by atoms with E-state index in [1.807, 2.05) is 20.2 Å². The van der Waals surface area contributed by atoms with E-state index in [0.29, 0.717) is 0 Å². The minimum Gasteiger partial charge on any atom is -0.457 e. The van der Waals surface area contributed by atoms with Crippen molar-refractivity contribution < 1.29 is 9.31 Å². The molecule has 0 spiro atoms. The van der Waals surface area contributed by atoms with Crippen LogP contribution in [0.5, 0.6) is 0 Å². The molecule has 1 aliphatic heterocycles. The van der Waals surface area contributed by atoms with Gasteiger partial charge in [0.1, 0.15) is 25.6 Å². The lowest BCUT2D eigenvalue weighted by atomic mass is 10.0. The monoisotopic (exact) mass is 630 g/mol. The zero-order valence-corrected chi connectivity index (χ0v) is 21.7. The van der Waals surface area contributed by atoms with Crippen molar-refractivity contribution in [1.82, 2.24) is 0 Å². The Morgan fingerprint density at radius 2 is 1.29 bits per heavy atom. The topological polar surface area (TPSA) is 12.2 Å². The van der Waals surface area contributed by atoms with Crippen LogP contribution in [0.15, 0.2) is 108 Å². The number of hydrogen-bond acceptors (Lipinski definition) is 1. The smallest absolute Gasteiger partial charge is 0.199 e. The number of halogens is 2. The van der Waals surface area contributed by atoms with Crippen molar-refractivity contribution in [2.75, 3.05) is 14.1 Å². The predicted molar refractivity (Wildman–Crippen MR) is 147 cm³/mol. The van der Waals surface area contributed by atoms with Crippen LogP contribution in [-0.2, 0) is 4.74 Å². The van der Waals surface area contributed by atoms with Crippen LogP contribution in [-0.4, -0.2) is 24.4 Å². The lowest BCUT2D eigenvalue weighted by molar-refractivity contribution is -0.462. The van der Waals surface area contributed by atoms with E-state index in [2.05, 4.69) is 141 Å². The van der Waals surface area contributed by atoms with Crippen LogP contribution in [0.3, 0.4) is 0 Å². The average molecular weight is 630 g/mol. The Labute approximate surface area is 211 Å². The van der Waals surface area contributed by atoms with Crippen LogP contribution < -0.4 is 0 Å². The summed E-state index contributed by atoms with van der Waals surface area (Å²) in [4.78, 5) is 0. The zero-order valence-electron chi connectivity index (χ0n) is 17.3. The maximum absolute atomic E-state index is 6.27. The largest absolute Gasteiger partial charge is 0.457 e. The molecule has 4 heteroatoms. The molecule has 2 aromatic carbocycles. The van der Waals surface area contributed by atoms with Gasteiger partial charge in [-0.3, -0.25) is 0 Å². The molecule has 31 heavy (non-hydrogen) atoms. The molecule has 0 amide bonds. The highest BCUT2D eigenvalue weighted by Gasteiger charge is 2.14. The Kier molecular flexibility index (Phi) is 7.07. The van der Waals surface area contributed by atoms with Crippen molar-refractivity contribution in [1.29, 1.82) is 0 Å². The van der Waals surface area contributed by atoms with Crippen LogP contribution in [0.25, 0.3) is 11.3 Å². The number of benzene rings is 2. The lowest BCUT2D eigenvalue weighted by Gasteiger charge is -2.18. The second-order valence-corrected chi connectivity index (χ2v) is 9.94. The van der Waals surface area contributed by atoms with Crippen LogP contribution >= 0.6 is 45.2 Å². The molecule has 0 bridgehead atoms. The first kappa shape index (κ1) is 22.0. The molecule has 1 heterocycles. The molecule has 0 unspecified atom stereocenters. The van der Waals surface area contributed by atoms with E-state index < -0.39 is 0 Å². The first-order valence-electron chi connectivity index (χ1n) is 9.93. The molecule has 0 atom stereocenters. The second-order valence-electron chi connectivity index (χ2n) is 7.45. The molecule has 4 rings (SSSR count). The van der Waals surface area contributed by atoms with Crippen molar-refractivity contribution in [3.8, 4) is 0 Å². The molecular formula is C27H22I2NO+. The molecule has 0 aromatic heterocycles. The van der Waals surface area contributed by atoms with E-state index in [4.69, 9.17) is 4.74 Å². The van der Waals surface area contributed by atoms with Crippen LogP contribution in [0.2, 0.25) is 0 Å². The van der Waals surface area contributed by atoms with Gasteiger partial charge < -0.3 is 4.74 Å². The highest BCUT2D eigenvalue weighted by Crippen LogP contribution is 2.32. The van der Waals surface area contributed by atoms with Gasteiger partial charge in [0.25, 0.3) is 0 Å². The fourth-order valence-electron chi connectivity index (χ4n) is 3.23. The van der Waals surface area contributed by atoms with Crippen LogP contribution in [0.1, 0.15) is 11.1 Å². The van der Waals surface area contributed by atoms with Crippen LogP contribution in [0, 0.1) is 7.14 Å². The molecule has 154 valence electrons. The molecular weight excluding hydrogens is 608 g/mol. The third-order valence-corrected chi connectivity index (χ3v) is 6.41. The van der Waals surface area contributed by atoms with E-state index in [1.165, 1.54) is 18.4 Å². The van der Waals surface area contributed by atoms with Gasteiger partial charge in [0, 0.05) is 24.9 Å². The fourth-order valence-corrected chi connectivity index (χ4v) is 3.95. The summed E-state index contributed by atoms with van der Waals surface area (Å²) in [5, 5.41) is 0. The van der Waals surface area contributed by atoms with Crippen molar-refractivity contribution in [2.24, 2.45) is 0 Å². The van der Waals surface area contributed by atoms with Gasteiger partial charge in [0.05, 0.1) is 0 Å². The summed E-state index contributed by atoms with van der Waals surface area (Å²) >= 11 is 4.66. The van der Waals surface area contributed by atoms with Gasteiger partial charge in [-0.1, -0.05) is 30.3 Å². The SMILES string of the molecule is C[N+](C)=C1C=CC(=CC=C2C=C(c3ccc(I)cc3)C=C(c3ccc(I)cc3)O2)C=C1. The summed E-state index contributed by atoms with van der Waals surface area (Å²) in [6, 6.07) is 17.0. The maximum atomic E-state index is 6.27. The van der Waals surface area contributed by atoms with Crippen molar-refractivity contribution >= 4 is 62.2 Å². The van der Waals surface area contributed by atoms with Gasteiger partial charge in [-0.25, -0.2) is 4.58 Å². The molecule has 2 aliphatic rings. The predicted octanol–water partition coefficient (Wildman–Crippen LogP) is 7.00. The van der Waals surface area contributed by atoms with Crippen LogP contribution in [0.4, 0.5) is 0 Å². The Bertz CT molecular complexity index is 1180. The zero-order chi connectivity index (χ0) is 21.8. The van der Waals surface area contributed by atoms with Gasteiger partial charge in [-0.15, -0.1) is 0 Å². The number of rotatable bonds is 3. The van der Waals surface area contributed by atoms with E-state index in [1.54, 1.807) is 0 Å². The molecule has 0 saturated carbocycles. The molecule has 0 saturated heterocycles. The summed E-state index contributed by atoms with van der Waals surface area (Å²) in [7, 11) is 4.10. The maximum Gasteiger partial charge on any atom is 0.199 e. The quantitative estimate of drug-likeness (QED) is 0.263. The Balaban J connectivity index is 1.69. The van der Waals surface area contributed by atoms with Crippen molar-refractivity contribution in [2.45, 2.75) is 0 Å². The first-order chi connectivity index (χ1) is 15.0. The summed E-state index contributed by atoms with van der Waals surface area (Å²) in [6.07, 6.45) is 16.8. The minimum atomic E-state index is 0.821. The normalized spacial score (nSPS) is 16.7. The average Bonchev–Trinajstić information content (AvgIpc) is 2.79. The molecule has 1 aliphatic carbocycles. The minimum absolute atomic E-state index is 0.821. The number of nitrogens with zero attached hydrogens (tertiary/aromatic N) is 1. The van der Waals surface area contributed by atoms with Gasteiger partial charge >= 0.3 is 0 Å². The Hall–Kier alpha value is -2.19. The molecule has 0 N–H and O–H groups in total. The molecule has 2 nitrogen and oxygen atoms in total. The van der Waals surface area contributed by atoms with E-state index in [0.717, 1.165) is 28.2 Å².